The van der Waals surface area contributed by atoms with Crippen LogP contribution in [0.5, 0.6) is 0 Å². The Morgan fingerprint density at radius 2 is 1.75 bits per heavy atom. The molecular formula is C15H13Cl2NO2. The maximum absolute atomic E-state index is 11.1. The van der Waals surface area contributed by atoms with E-state index < -0.39 is 5.97 Å². The standard InChI is InChI=1S/C15H13Cl2NO2/c1-9-10(15(19)20)4-2-7-14(9)18-8-11-12(16)5-3-6-13(11)17/h2-7,18H,8H2,1H3,(H,19,20). The van der Waals surface area contributed by atoms with E-state index in [-0.39, 0.29) is 5.56 Å². The van der Waals surface area contributed by atoms with Crippen molar-refractivity contribution >= 4 is 34.9 Å². The summed E-state index contributed by atoms with van der Waals surface area (Å²) in [4.78, 5) is 11.1. The molecule has 0 aliphatic rings. The van der Waals surface area contributed by atoms with Gasteiger partial charge >= 0.3 is 5.97 Å². The van der Waals surface area contributed by atoms with Gasteiger partial charge in [0.1, 0.15) is 0 Å². The Balaban J connectivity index is 2.24. The lowest BCUT2D eigenvalue weighted by Crippen LogP contribution is -2.06. The number of hydrogen-bond acceptors (Lipinski definition) is 2. The molecule has 0 fully saturated rings. The molecule has 2 N–H and O–H groups in total. The first-order valence-electron chi connectivity index (χ1n) is 6.00. The highest BCUT2D eigenvalue weighted by molar-refractivity contribution is 6.36. The van der Waals surface area contributed by atoms with E-state index in [1.54, 1.807) is 37.3 Å². The fraction of sp³-hybridized carbons (Fsp3) is 0.133. The van der Waals surface area contributed by atoms with E-state index in [0.29, 0.717) is 22.2 Å². The average molecular weight is 310 g/mol. The minimum atomic E-state index is -0.943. The summed E-state index contributed by atoms with van der Waals surface area (Å²) in [7, 11) is 0. The number of carbonyl (C=O) groups is 1. The number of halogens is 2. The molecule has 5 heteroatoms. The first-order valence-corrected chi connectivity index (χ1v) is 6.76. The van der Waals surface area contributed by atoms with E-state index in [1.165, 1.54) is 0 Å². The second-order valence-electron chi connectivity index (χ2n) is 4.34. The highest BCUT2D eigenvalue weighted by Gasteiger charge is 2.11. The Bertz CT molecular complexity index is 636. The van der Waals surface area contributed by atoms with Crippen LogP contribution >= 0.6 is 23.2 Å². The molecule has 0 saturated heterocycles. The van der Waals surface area contributed by atoms with E-state index in [1.807, 2.05) is 6.07 Å². The van der Waals surface area contributed by atoms with Crippen LogP contribution < -0.4 is 5.32 Å². The molecule has 0 unspecified atom stereocenters. The molecule has 0 amide bonds. The van der Waals surface area contributed by atoms with Crippen molar-refractivity contribution in [3.05, 3.63) is 63.1 Å². The second kappa shape index (κ2) is 6.16. The third-order valence-corrected chi connectivity index (χ3v) is 3.79. The number of anilines is 1. The molecule has 0 aliphatic heterocycles. The molecule has 0 aliphatic carbocycles. The van der Waals surface area contributed by atoms with Gasteiger partial charge in [-0.05, 0) is 36.8 Å². The summed E-state index contributed by atoms with van der Waals surface area (Å²) in [6.45, 7) is 2.20. The van der Waals surface area contributed by atoms with Crippen LogP contribution in [0.25, 0.3) is 0 Å². The Kier molecular flexibility index (Phi) is 4.53. The fourth-order valence-electron chi connectivity index (χ4n) is 1.94. The van der Waals surface area contributed by atoms with Crippen molar-refractivity contribution in [2.24, 2.45) is 0 Å². The van der Waals surface area contributed by atoms with Gasteiger partial charge in [-0.15, -0.1) is 0 Å². The molecular weight excluding hydrogens is 297 g/mol. The van der Waals surface area contributed by atoms with Crippen molar-refractivity contribution < 1.29 is 9.90 Å². The van der Waals surface area contributed by atoms with Crippen LogP contribution in [-0.2, 0) is 6.54 Å². The SMILES string of the molecule is Cc1c(NCc2c(Cl)cccc2Cl)cccc1C(=O)O. The van der Waals surface area contributed by atoms with Crippen molar-refractivity contribution in [1.82, 2.24) is 0 Å². The third-order valence-electron chi connectivity index (χ3n) is 3.08. The summed E-state index contributed by atoms with van der Waals surface area (Å²) in [5.41, 5.74) is 2.50. The lowest BCUT2D eigenvalue weighted by atomic mass is 10.1. The number of hydrogen-bond donors (Lipinski definition) is 2. The van der Waals surface area contributed by atoms with Gasteiger partial charge in [-0.3, -0.25) is 0 Å². The summed E-state index contributed by atoms with van der Waals surface area (Å²) < 4.78 is 0. The van der Waals surface area contributed by atoms with Crippen molar-refractivity contribution in [1.29, 1.82) is 0 Å². The van der Waals surface area contributed by atoms with Crippen molar-refractivity contribution in [3.8, 4) is 0 Å². The zero-order chi connectivity index (χ0) is 14.7. The van der Waals surface area contributed by atoms with E-state index in [4.69, 9.17) is 28.3 Å². The molecule has 0 spiro atoms. The molecule has 3 nitrogen and oxygen atoms in total. The molecule has 2 aromatic carbocycles. The average Bonchev–Trinajstić information content (AvgIpc) is 2.39. The Morgan fingerprint density at radius 1 is 1.15 bits per heavy atom. The van der Waals surface area contributed by atoms with E-state index in [2.05, 4.69) is 5.32 Å². The number of carboxylic acid groups (broad SMARTS) is 1. The van der Waals surface area contributed by atoms with Gasteiger partial charge in [0.25, 0.3) is 0 Å². The number of aromatic carboxylic acids is 1. The van der Waals surface area contributed by atoms with Crippen LogP contribution in [0.15, 0.2) is 36.4 Å². The minimum Gasteiger partial charge on any atom is -0.478 e. The smallest absolute Gasteiger partial charge is 0.336 e. The van der Waals surface area contributed by atoms with E-state index >= 15 is 0 Å². The van der Waals surface area contributed by atoms with Gasteiger partial charge in [0.15, 0.2) is 0 Å². The minimum absolute atomic E-state index is 0.278. The van der Waals surface area contributed by atoms with Crippen molar-refractivity contribution in [3.63, 3.8) is 0 Å². The summed E-state index contributed by atoms with van der Waals surface area (Å²) >= 11 is 12.2. The number of nitrogens with one attached hydrogen (secondary N) is 1. The zero-order valence-electron chi connectivity index (χ0n) is 10.8. The molecule has 0 aromatic heterocycles. The number of benzene rings is 2. The van der Waals surface area contributed by atoms with E-state index in [9.17, 15) is 4.79 Å². The number of rotatable bonds is 4. The molecule has 0 atom stereocenters. The van der Waals surface area contributed by atoms with Gasteiger partial charge in [-0.1, -0.05) is 35.3 Å². The lowest BCUT2D eigenvalue weighted by Gasteiger charge is -2.13. The molecule has 0 saturated carbocycles. The predicted molar refractivity (Wildman–Crippen MR) is 81.9 cm³/mol. The maximum atomic E-state index is 11.1. The lowest BCUT2D eigenvalue weighted by molar-refractivity contribution is 0.0696. The quantitative estimate of drug-likeness (QED) is 0.867. The Labute approximate surface area is 127 Å². The number of carboxylic acids is 1. The van der Waals surface area contributed by atoms with Crippen molar-refractivity contribution in [2.75, 3.05) is 5.32 Å². The normalized spacial score (nSPS) is 10.3. The summed E-state index contributed by atoms with van der Waals surface area (Å²) in [6, 6.07) is 10.4. The van der Waals surface area contributed by atoms with Crippen LogP contribution in [-0.4, -0.2) is 11.1 Å². The Morgan fingerprint density at radius 3 is 2.35 bits per heavy atom. The van der Waals surface area contributed by atoms with Crippen LogP contribution in [0.4, 0.5) is 5.69 Å². The molecule has 104 valence electrons. The van der Waals surface area contributed by atoms with Crippen LogP contribution in [0.2, 0.25) is 10.0 Å². The third kappa shape index (κ3) is 3.06. The molecule has 0 bridgehead atoms. The summed E-state index contributed by atoms with van der Waals surface area (Å²) in [5, 5.41) is 13.4. The van der Waals surface area contributed by atoms with Gasteiger partial charge in [-0.2, -0.15) is 0 Å². The van der Waals surface area contributed by atoms with Crippen LogP contribution in [0.3, 0.4) is 0 Å². The molecule has 2 aromatic rings. The highest BCUT2D eigenvalue weighted by Crippen LogP contribution is 2.26. The molecule has 0 heterocycles. The maximum Gasteiger partial charge on any atom is 0.336 e. The first kappa shape index (κ1) is 14.7. The second-order valence-corrected chi connectivity index (χ2v) is 5.15. The van der Waals surface area contributed by atoms with E-state index in [0.717, 1.165) is 11.3 Å². The monoisotopic (exact) mass is 309 g/mol. The van der Waals surface area contributed by atoms with Gasteiger partial charge in [0.05, 0.1) is 5.56 Å². The molecule has 20 heavy (non-hydrogen) atoms. The van der Waals surface area contributed by atoms with Crippen LogP contribution in [0, 0.1) is 6.92 Å². The van der Waals surface area contributed by atoms with Gasteiger partial charge < -0.3 is 10.4 Å². The van der Waals surface area contributed by atoms with Gasteiger partial charge in [-0.25, -0.2) is 4.79 Å². The summed E-state index contributed by atoms with van der Waals surface area (Å²) in [5.74, 6) is -0.943. The van der Waals surface area contributed by atoms with Crippen LogP contribution in [0.1, 0.15) is 21.5 Å². The highest BCUT2D eigenvalue weighted by atomic mass is 35.5. The van der Waals surface area contributed by atoms with Crippen molar-refractivity contribution in [2.45, 2.75) is 13.5 Å². The largest absolute Gasteiger partial charge is 0.478 e. The topological polar surface area (TPSA) is 49.3 Å². The first-order chi connectivity index (χ1) is 9.50. The predicted octanol–water partition coefficient (Wildman–Crippen LogP) is 4.61. The van der Waals surface area contributed by atoms with Gasteiger partial charge in [0, 0.05) is 27.8 Å². The molecule has 2 rings (SSSR count). The summed E-state index contributed by atoms with van der Waals surface area (Å²) in [6.07, 6.45) is 0. The fourth-order valence-corrected chi connectivity index (χ4v) is 2.47. The zero-order valence-corrected chi connectivity index (χ0v) is 12.3. The Hall–Kier alpha value is -1.71. The molecule has 0 radical (unpaired) electrons. The van der Waals surface area contributed by atoms with Gasteiger partial charge in [0.2, 0.25) is 0 Å².